The predicted molar refractivity (Wildman–Crippen MR) is 116 cm³/mol. The van der Waals surface area contributed by atoms with Gasteiger partial charge in [0.1, 0.15) is 11.4 Å². The zero-order valence-electron chi connectivity index (χ0n) is 17.8. The van der Waals surface area contributed by atoms with E-state index in [1.807, 2.05) is 59.4 Å². The highest BCUT2D eigenvalue weighted by Crippen LogP contribution is 2.31. The molecule has 9 heteroatoms. The zero-order chi connectivity index (χ0) is 21.3. The number of amides is 1. The van der Waals surface area contributed by atoms with Crippen LogP contribution in [0.2, 0.25) is 0 Å². The van der Waals surface area contributed by atoms with Crippen molar-refractivity contribution in [2.75, 3.05) is 18.9 Å². The number of aromatic nitrogens is 5. The summed E-state index contributed by atoms with van der Waals surface area (Å²) in [7, 11) is 3.90. The number of hydrogen-bond donors (Lipinski definition) is 0. The molecule has 0 fully saturated rings. The van der Waals surface area contributed by atoms with E-state index in [2.05, 4.69) is 17.1 Å². The van der Waals surface area contributed by atoms with Crippen molar-refractivity contribution < 1.29 is 9.53 Å². The summed E-state index contributed by atoms with van der Waals surface area (Å²) in [4.78, 5) is 15.2. The maximum atomic E-state index is 13.3. The van der Waals surface area contributed by atoms with Crippen LogP contribution in [0.3, 0.4) is 0 Å². The van der Waals surface area contributed by atoms with Crippen LogP contribution >= 0.6 is 11.8 Å². The van der Waals surface area contributed by atoms with Crippen molar-refractivity contribution in [3.8, 4) is 17.3 Å². The Morgan fingerprint density at radius 1 is 1.20 bits per heavy atom. The van der Waals surface area contributed by atoms with Gasteiger partial charge in [0.05, 0.1) is 18.7 Å². The number of ether oxygens (including phenoxy) is 1. The van der Waals surface area contributed by atoms with Gasteiger partial charge in [-0.2, -0.15) is 5.10 Å². The monoisotopic (exact) mass is 426 g/mol. The molecule has 8 nitrogen and oxygen atoms in total. The van der Waals surface area contributed by atoms with Crippen molar-refractivity contribution in [2.45, 2.75) is 32.0 Å². The van der Waals surface area contributed by atoms with Crippen LogP contribution in [0.15, 0.2) is 29.4 Å². The molecular weight excluding hydrogens is 400 g/mol. The Kier molecular flexibility index (Phi) is 5.80. The normalized spacial score (nSPS) is 13.4. The molecule has 0 unspecified atom stereocenters. The van der Waals surface area contributed by atoms with Crippen LogP contribution in [0.1, 0.15) is 35.5 Å². The Bertz CT molecular complexity index is 1070. The summed E-state index contributed by atoms with van der Waals surface area (Å²) in [5.74, 6) is 2.25. The third kappa shape index (κ3) is 3.58. The molecule has 0 N–H and O–H groups in total. The van der Waals surface area contributed by atoms with Crippen molar-refractivity contribution >= 4 is 17.7 Å². The van der Waals surface area contributed by atoms with Crippen molar-refractivity contribution in [3.05, 3.63) is 41.1 Å². The lowest BCUT2D eigenvalue weighted by Gasteiger charge is -2.28. The number of aryl methyl sites for hydroxylation is 1. The topological polar surface area (TPSA) is 78.1 Å². The highest BCUT2D eigenvalue weighted by molar-refractivity contribution is 7.99. The summed E-state index contributed by atoms with van der Waals surface area (Å²) in [6.07, 6.45) is 0.746. The molecule has 158 valence electrons. The van der Waals surface area contributed by atoms with Crippen LogP contribution in [0.5, 0.6) is 5.75 Å². The molecule has 0 aliphatic carbocycles. The lowest BCUT2D eigenvalue weighted by atomic mass is 10.0. The van der Waals surface area contributed by atoms with E-state index >= 15 is 0 Å². The fourth-order valence-corrected chi connectivity index (χ4v) is 4.45. The van der Waals surface area contributed by atoms with Gasteiger partial charge >= 0.3 is 0 Å². The number of thioether (sulfide) groups is 1. The van der Waals surface area contributed by atoms with Crippen LogP contribution in [-0.4, -0.2) is 54.3 Å². The quantitative estimate of drug-likeness (QED) is 0.564. The highest BCUT2D eigenvalue weighted by Gasteiger charge is 2.30. The number of fused-ring (bicyclic) bond motifs is 1. The molecule has 1 aliphatic heterocycles. The molecule has 0 bridgehead atoms. The van der Waals surface area contributed by atoms with Gasteiger partial charge in [0, 0.05) is 38.3 Å². The van der Waals surface area contributed by atoms with Gasteiger partial charge in [-0.05, 0) is 24.8 Å². The van der Waals surface area contributed by atoms with E-state index < -0.39 is 0 Å². The van der Waals surface area contributed by atoms with Gasteiger partial charge in [0.2, 0.25) is 0 Å². The first-order chi connectivity index (χ1) is 14.5. The predicted octanol–water partition coefficient (Wildman–Crippen LogP) is 2.92. The molecule has 1 aromatic carbocycles. The molecule has 1 aliphatic rings. The lowest BCUT2D eigenvalue weighted by molar-refractivity contribution is 0.0729. The van der Waals surface area contributed by atoms with Gasteiger partial charge in [0.15, 0.2) is 11.0 Å². The fourth-order valence-electron chi connectivity index (χ4n) is 3.82. The molecule has 30 heavy (non-hydrogen) atoms. The first-order valence-corrected chi connectivity index (χ1v) is 11.1. The first kappa shape index (κ1) is 20.5. The number of carbonyl (C=O) groups is 1. The molecule has 0 saturated carbocycles. The van der Waals surface area contributed by atoms with Crippen LogP contribution < -0.4 is 4.74 Å². The van der Waals surface area contributed by atoms with E-state index in [1.54, 1.807) is 11.8 Å². The maximum absolute atomic E-state index is 13.3. The molecule has 0 saturated heterocycles. The Balaban J connectivity index is 1.67. The molecule has 3 aromatic rings. The summed E-state index contributed by atoms with van der Waals surface area (Å²) < 4.78 is 9.55. The third-order valence-corrected chi connectivity index (χ3v) is 6.17. The minimum atomic E-state index is -0.0281. The van der Waals surface area contributed by atoms with Crippen LogP contribution in [0.4, 0.5) is 0 Å². The van der Waals surface area contributed by atoms with Gasteiger partial charge in [-0.1, -0.05) is 30.8 Å². The van der Waals surface area contributed by atoms with Gasteiger partial charge in [0.25, 0.3) is 5.91 Å². The van der Waals surface area contributed by atoms with Crippen LogP contribution in [0, 0.1) is 0 Å². The lowest BCUT2D eigenvalue weighted by Crippen LogP contribution is -2.36. The van der Waals surface area contributed by atoms with Gasteiger partial charge < -0.3 is 14.2 Å². The van der Waals surface area contributed by atoms with Gasteiger partial charge in [-0.15, -0.1) is 10.2 Å². The summed E-state index contributed by atoms with van der Waals surface area (Å²) in [5.41, 5.74) is 3.56. The third-order valence-electron chi connectivity index (χ3n) is 5.27. The largest absolute Gasteiger partial charge is 0.493 e. The van der Waals surface area contributed by atoms with Crippen LogP contribution in [0.25, 0.3) is 11.5 Å². The molecule has 2 aromatic heterocycles. The minimum absolute atomic E-state index is 0.0281. The van der Waals surface area contributed by atoms with Gasteiger partial charge in [-0.3, -0.25) is 9.48 Å². The first-order valence-electron chi connectivity index (χ1n) is 10.1. The van der Waals surface area contributed by atoms with Gasteiger partial charge in [-0.25, -0.2) is 0 Å². The second-order valence-corrected chi connectivity index (χ2v) is 8.33. The molecule has 1 amide bonds. The molecular formula is C21H26N6O2S. The SMILES string of the molecule is CCOc1ccccc1C(=O)N1CCc2c(c(-c3nnc(SCC)n3C)nn2C)C1. The molecule has 4 rings (SSSR count). The number of carbonyl (C=O) groups excluding carboxylic acids is 1. The average Bonchev–Trinajstić information content (AvgIpc) is 3.28. The smallest absolute Gasteiger partial charge is 0.257 e. The van der Waals surface area contributed by atoms with Crippen molar-refractivity contribution in [1.29, 1.82) is 0 Å². The van der Waals surface area contributed by atoms with E-state index in [0.717, 1.165) is 40.1 Å². The fraction of sp³-hybridized carbons (Fsp3) is 0.429. The number of hydrogen-bond acceptors (Lipinski definition) is 6. The van der Waals surface area contributed by atoms with Crippen molar-refractivity contribution in [2.24, 2.45) is 14.1 Å². The average molecular weight is 427 g/mol. The number of nitrogens with zero attached hydrogens (tertiary/aromatic N) is 6. The maximum Gasteiger partial charge on any atom is 0.257 e. The second kappa shape index (κ2) is 8.51. The van der Waals surface area contributed by atoms with E-state index in [-0.39, 0.29) is 5.91 Å². The Hall–Kier alpha value is -2.81. The summed E-state index contributed by atoms with van der Waals surface area (Å²) in [6, 6.07) is 7.42. The highest BCUT2D eigenvalue weighted by atomic mass is 32.2. The number of benzene rings is 1. The molecule has 3 heterocycles. The van der Waals surface area contributed by atoms with Crippen molar-refractivity contribution in [3.63, 3.8) is 0 Å². The van der Waals surface area contributed by atoms with E-state index in [1.165, 1.54) is 0 Å². The van der Waals surface area contributed by atoms with Crippen molar-refractivity contribution in [1.82, 2.24) is 29.4 Å². The Morgan fingerprint density at radius 2 is 2.00 bits per heavy atom. The number of rotatable bonds is 6. The second-order valence-electron chi connectivity index (χ2n) is 7.10. The summed E-state index contributed by atoms with van der Waals surface area (Å²) >= 11 is 1.65. The number of para-hydroxylation sites is 1. The van der Waals surface area contributed by atoms with E-state index in [0.29, 0.717) is 31.0 Å². The zero-order valence-corrected chi connectivity index (χ0v) is 18.6. The summed E-state index contributed by atoms with van der Waals surface area (Å²) in [6.45, 7) is 5.65. The Morgan fingerprint density at radius 3 is 2.77 bits per heavy atom. The van der Waals surface area contributed by atoms with E-state index in [4.69, 9.17) is 9.84 Å². The Labute approximate surface area is 180 Å². The minimum Gasteiger partial charge on any atom is -0.493 e. The molecule has 0 radical (unpaired) electrons. The van der Waals surface area contributed by atoms with E-state index in [9.17, 15) is 4.79 Å². The molecule has 0 spiro atoms. The molecule has 0 atom stereocenters. The van der Waals surface area contributed by atoms with Crippen LogP contribution in [-0.2, 0) is 27.1 Å². The standard InChI is InChI=1S/C21H26N6O2S/c1-5-29-17-10-8-7-9-14(17)20(28)27-12-11-16-15(13-27)18(24-26(16)4)19-22-23-21(25(19)3)30-6-2/h7-10H,5-6,11-13H2,1-4H3. The summed E-state index contributed by atoms with van der Waals surface area (Å²) in [5, 5.41) is 14.3.